The van der Waals surface area contributed by atoms with E-state index in [0.717, 1.165) is 36.7 Å². The summed E-state index contributed by atoms with van der Waals surface area (Å²) in [6, 6.07) is 10.4. The number of aryl methyl sites for hydroxylation is 2. The molecule has 120 valence electrons. The predicted octanol–water partition coefficient (Wildman–Crippen LogP) is 3.10. The monoisotopic (exact) mass is 309 g/mol. The molecule has 0 unspecified atom stereocenters. The van der Waals surface area contributed by atoms with E-state index in [1.54, 1.807) is 6.20 Å². The number of H-pyrrole nitrogens is 1. The van der Waals surface area contributed by atoms with Crippen LogP contribution in [0.15, 0.2) is 42.7 Å². The maximum atomic E-state index is 4.65. The largest absolute Gasteiger partial charge is 0.346 e. The zero-order chi connectivity index (χ0) is 16.2. The maximum absolute atomic E-state index is 4.65. The first kappa shape index (κ1) is 15.5. The summed E-state index contributed by atoms with van der Waals surface area (Å²) in [6.07, 6.45) is 4.69. The van der Waals surface area contributed by atoms with Crippen molar-refractivity contribution in [2.45, 2.75) is 33.4 Å². The Balaban J connectivity index is 1.63. The standard InChI is InChI=1S/C18H23N5/c1-4-18-20-14(2)17(21-18)13-22(3)12-15-6-8-16(9-7-15)23-11-5-10-19-23/h5-11H,4,12-13H2,1-3H3,(H,20,21). The second-order valence-electron chi connectivity index (χ2n) is 5.90. The summed E-state index contributed by atoms with van der Waals surface area (Å²) in [5.74, 6) is 1.06. The highest BCUT2D eigenvalue weighted by molar-refractivity contribution is 5.33. The third kappa shape index (κ3) is 3.68. The van der Waals surface area contributed by atoms with Gasteiger partial charge in [-0.15, -0.1) is 0 Å². The molecule has 2 heterocycles. The molecular weight excluding hydrogens is 286 g/mol. The third-order valence-corrected chi connectivity index (χ3v) is 3.95. The lowest BCUT2D eigenvalue weighted by Gasteiger charge is -2.16. The van der Waals surface area contributed by atoms with Crippen molar-refractivity contribution in [1.29, 1.82) is 0 Å². The Morgan fingerprint density at radius 3 is 2.57 bits per heavy atom. The lowest BCUT2D eigenvalue weighted by Crippen LogP contribution is -2.18. The van der Waals surface area contributed by atoms with Gasteiger partial charge in [-0.3, -0.25) is 4.90 Å². The van der Waals surface area contributed by atoms with Crippen LogP contribution in [0.2, 0.25) is 0 Å². The molecule has 0 saturated carbocycles. The molecule has 3 rings (SSSR count). The van der Waals surface area contributed by atoms with Crippen molar-refractivity contribution in [2.24, 2.45) is 0 Å². The molecule has 5 nitrogen and oxygen atoms in total. The van der Waals surface area contributed by atoms with Crippen LogP contribution in [0.3, 0.4) is 0 Å². The zero-order valence-electron chi connectivity index (χ0n) is 14.0. The quantitative estimate of drug-likeness (QED) is 0.761. The van der Waals surface area contributed by atoms with Crippen LogP contribution in [0.5, 0.6) is 0 Å². The first-order valence-electron chi connectivity index (χ1n) is 7.97. The summed E-state index contributed by atoms with van der Waals surface area (Å²) in [5, 5.41) is 4.25. The van der Waals surface area contributed by atoms with E-state index in [1.165, 1.54) is 11.3 Å². The molecule has 0 spiro atoms. The van der Waals surface area contributed by atoms with Gasteiger partial charge in [0.05, 0.1) is 11.4 Å². The summed E-state index contributed by atoms with van der Waals surface area (Å²) >= 11 is 0. The van der Waals surface area contributed by atoms with Gasteiger partial charge >= 0.3 is 0 Å². The van der Waals surface area contributed by atoms with E-state index in [2.05, 4.69) is 65.1 Å². The van der Waals surface area contributed by atoms with Crippen LogP contribution >= 0.6 is 0 Å². The topological polar surface area (TPSA) is 49.7 Å². The molecule has 0 fully saturated rings. The SMILES string of the molecule is CCc1nc(CN(C)Cc2ccc(-n3cccn3)cc2)c(C)[nH]1. The van der Waals surface area contributed by atoms with E-state index >= 15 is 0 Å². The number of aromatic nitrogens is 4. The molecule has 1 aromatic carbocycles. The number of nitrogens with zero attached hydrogens (tertiary/aromatic N) is 4. The van der Waals surface area contributed by atoms with Gasteiger partial charge in [0.1, 0.15) is 5.82 Å². The number of hydrogen-bond donors (Lipinski definition) is 1. The minimum absolute atomic E-state index is 0.850. The molecule has 5 heteroatoms. The number of benzene rings is 1. The van der Waals surface area contributed by atoms with Crippen molar-refractivity contribution < 1.29 is 0 Å². The Bertz CT molecular complexity index is 740. The van der Waals surface area contributed by atoms with Crippen LogP contribution in [-0.2, 0) is 19.5 Å². The van der Waals surface area contributed by atoms with Crippen molar-refractivity contribution in [3.63, 3.8) is 0 Å². The highest BCUT2D eigenvalue weighted by Gasteiger charge is 2.09. The van der Waals surface area contributed by atoms with Crippen LogP contribution in [0.25, 0.3) is 5.69 Å². The smallest absolute Gasteiger partial charge is 0.106 e. The molecule has 2 aromatic heterocycles. The highest BCUT2D eigenvalue weighted by atomic mass is 15.3. The van der Waals surface area contributed by atoms with E-state index in [4.69, 9.17) is 0 Å². The average Bonchev–Trinajstić information content (AvgIpc) is 3.18. The van der Waals surface area contributed by atoms with Gasteiger partial charge in [-0.1, -0.05) is 19.1 Å². The molecule has 0 bridgehead atoms. The van der Waals surface area contributed by atoms with Crippen molar-refractivity contribution in [1.82, 2.24) is 24.6 Å². The van der Waals surface area contributed by atoms with Crippen molar-refractivity contribution in [3.8, 4) is 5.69 Å². The van der Waals surface area contributed by atoms with E-state index in [9.17, 15) is 0 Å². The summed E-state index contributed by atoms with van der Waals surface area (Å²) in [4.78, 5) is 10.3. The lowest BCUT2D eigenvalue weighted by atomic mass is 10.2. The maximum Gasteiger partial charge on any atom is 0.106 e. The molecule has 1 N–H and O–H groups in total. The Hall–Kier alpha value is -2.40. The fraction of sp³-hybridized carbons (Fsp3) is 0.333. The van der Waals surface area contributed by atoms with Crippen molar-refractivity contribution >= 4 is 0 Å². The van der Waals surface area contributed by atoms with Gasteiger partial charge in [0.15, 0.2) is 0 Å². The van der Waals surface area contributed by atoms with Crippen LogP contribution in [0.4, 0.5) is 0 Å². The van der Waals surface area contributed by atoms with Crippen LogP contribution in [-0.4, -0.2) is 31.7 Å². The summed E-state index contributed by atoms with van der Waals surface area (Å²) < 4.78 is 1.87. The molecular formula is C18H23N5. The Morgan fingerprint density at radius 1 is 1.17 bits per heavy atom. The van der Waals surface area contributed by atoms with Gasteiger partial charge < -0.3 is 4.98 Å². The van der Waals surface area contributed by atoms with E-state index in [0.29, 0.717) is 0 Å². The average molecular weight is 309 g/mol. The molecule has 0 aliphatic carbocycles. The number of hydrogen-bond acceptors (Lipinski definition) is 3. The summed E-state index contributed by atoms with van der Waals surface area (Å²) in [5.41, 5.74) is 4.67. The fourth-order valence-electron chi connectivity index (χ4n) is 2.68. The van der Waals surface area contributed by atoms with Crippen molar-refractivity contribution in [3.05, 3.63) is 65.5 Å². The predicted molar refractivity (Wildman–Crippen MR) is 91.4 cm³/mol. The Morgan fingerprint density at radius 2 is 1.96 bits per heavy atom. The number of imidazole rings is 1. The Labute approximate surface area is 137 Å². The molecule has 23 heavy (non-hydrogen) atoms. The second kappa shape index (κ2) is 6.79. The van der Waals surface area contributed by atoms with E-state index in [-0.39, 0.29) is 0 Å². The van der Waals surface area contributed by atoms with E-state index < -0.39 is 0 Å². The molecule has 0 saturated heterocycles. The fourth-order valence-corrected chi connectivity index (χ4v) is 2.68. The third-order valence-electron chi connectivity index (χ3n) is 3.95. The van der Waals surface area contributed by atoms with Crippen LogP contribution < -0.4 is 0 Å². The number of nitrogens with one attached hydrogen (secondary N) is 1. The Kier molecular flexibility index (Phi) is 4.57. The zero-order valence-corrected chi connectivity index (χ0v) is 14.0. The molecule has 0 aliphatic rings. The number of rotatable bonds is 6. The van der Waals surface area contributed by atoms with Gasteiger partial charge in [-0.05, 0) is 37.7 Å². The van der Waals surface area contributed by atoms with Gasteiger partial charge in [0.2, 0.25) is 0 Å². The molecule has 0 radical (unpaired) electrons. The number of aromatic amines is 1. The molecule has 0 atom stereocenters. The minimum atomic E-state index is 0.850. The van der Waals surface area contributed by atoms with Gasteiger partial charge in [0.25, 0.3) is 0 Å². The highest BCUT2D eigenvalue weighted by Crippen LogP contribution is 2.13. The normalized spacial score (nSPS) is 11.3. The van der Waals surface area contributed by atoms with Gasteiger partial charge in [-0.25, -0.2) is 9.67 Å². The summed E-state index contributed by atoms with van der Waals surface area (Å²) in [6.45, 7) is 5.96. The molecule has 0 aliphatic heterocycles. The lowest BCUT2D eigenvalue weighted by molar-refractivity contribution is 0.314. The first-order valence-corrected chi connectivity index (χ1v) is 7.97. The van der Waals surface area contributed by atoms with Crippen molar-refractivity contribution in [2.75, 3.05) is 7.05 Å². The second-order valence-corrected chi connectivity index (χ2v) is 5.90. The molecule has 3 aromatic rings. The van der Waals surface area contributed by atoms with E-state index in [1.807, 2.05) is 16.9 Å². The van der Waals surface area contributed by atoms with Crippen LogP contribution in [0, 0.1) is 6.92 Å². The van der Waals surface area contributed by atoms with Gasteiger partial charge in [0, 0.05) is 37.6 Å². The molecule has 0 amide bonds. The minimum Gasteiger partial charge on any atom is -0.346 e. The van der Waals surface area contributed by atoms with Gasteiger partial charge in [-0.2, -0.15) is 5.10 Å². The first-order chi connectivity index (χ1) is 11.2. The van der Waals surface area contributed by atoms with Crippen LogP contribution in [0.1, 0.15) is 29.7 Å². The summed E-state index contributed by atoms with van der Waals surface area (Å²) in [7, 11) is 2.13.